The Morgan fingerprint density at radius 1 is 1.00 bits per heavy atom. The maximum absolute atomic E-state index is 6.21. The third kappa shape index (κ3) is 2.94. The summed E-state index contributed by atoms with van der Waals surface area (Å²) in [6.07, 6.45) is 0. The molecule has 0 bridgehead atoms. The molecule has 0 saturated heterocycles. The zero-order valence-electron chi connectivity index (χ0n) is 12.4. The molecule has 0 spiro atoms. The molecule has 2 rings (SSSR count). The Hall–Kier alpha value is -0.790. The predicted molar refractivity (Wildman–Crippen MR) is 92.1 cm³/mol. The molecule has 2 aromatic carbocycles. The van der Waals surface area contributed by atoms with Crippen LogP contribution in [0.3, 0.4) is 0 Å². The fourth-order valence-electron chi connectivity index (χ4n) is 2.48. The fourth-order valence-corrected chi connectivity index (χ4v) is 3.45. The van der Waals surface area contributed by atoms with E-state index in [1.165, 1.54) is 16.7 Å². The molecule has 0 N–H and O–H groups in total. The summed E-state index contributed by atoms with van der Waals surface area (Å²) in [5.41, 5.74) is 4.99. The average Bonchev–Trinajstić information content (AvgIpc) is 2.43. The molecule has 0 aliphatic rings. The van der Waals surface area contributed by atoms with Crippen LogP contribution in [0.2, 0.25) is 5.02 Å². The van der Waals surface area contributed by atoms with E-state index in [4.69, 9.17) is 11.6 Å². The average molecular weight is 352 g/mol. The van der Waals surface area contributed by atoms with Gasteiger partial charge in [-0.1, -0.05) is 77.8 Å². The van der Waals surface area contributed by atoms with Crippen molar-refractivity contribution in [3.63, 3.8) is 0 Å². The molecule has 2 heteroatoms. The zero-order chi connectivity index (χ0) is 14.9. The molecule has 20 heavy (non-hydrogen) atoms. The van der Waals surface area contributed by atoms with E-state index in [1.807, 2.05) is 0 Å². The van der Waals surface area contributed by atoms with Crippen LogP contribution in [0.1, 0.15) is 40.9 Å². The third-order valence-electron chi connectivity index (χ3n) is 3.97. The summed E-state index contributed by atoms with van der Waals surface area (Å²) >= 11 is 10.1. The molecule has 0 aliphatic heterocycles. The molecular formula is C18H20BrCl. The lowest BCUT2D eigenvalue weighted by atomic mass is 9.78. The minimum atomic E-state index is 0.00624. The standard InChI is InChI=1S/C18H20BrCl/c1-12-11-16(20)13(2)10-15(12)17(19)18(3,4)14-8-6-5-7-9-14/h5-11,17H,1-4H3. The maximum atomic E-state index is 6.21. The largest absolute Gasteiger partial charge is 0.0840 e. The maximum Gasteiger partial charge on any atom is 0.0489 e. The van der Waals surface area contributed by atoms with Gasteiger partial charge in [-0.2, -0.15) is 0 Å². The van der Waals surface area contributed by atoms with Gasteiger partial charge in [0.1, 0.15) is 0 Å². The Balaban J connectivity index is 2.45. The molecule has 0 fully saturated rings. The van der Waals surface area contributed by atoms with Gasteiger partial charge in [0.15, 0.2) is 0 Å². The molecule has 0 saturated carbocycles. The third-order valence-corrected chi connectivity index (χ3v) is 6.02. The lowest BCUT2D eigenvalue weighted by Gasteiger charge is -2.32. The first-order valence-electron chi connectivity index (χ1n) is 6.80. The van der Waals surface area contributed by atoms with Gasteiger partial charge >= 0.3 is 0 Å². The second-order valence-corrected chi connectivity index (χ2v) is 7.23. The first-order valence-corrected chi connectivity index (χ1v) is 8.09. The van der Waals surface area contributed by atoms with Crippen LogP contribution in [0.15, 0.2) is 42.5 Å². The van der Waals surface area contributed by atoms with Crippen molar-refractivity contribution >= 4 is 27.5 Å². The van der Waals surface area contributed by atoms with Crippen LogP contribution >= 0.6 is 27.5 Å². The minimum absolute atomic E-state index is 0.00624. The van der Waals surface area contributed by atoms with Gasteiger partial charge in [-0.15, -0.1) is 0 Å². The highest BCUT2D eigenvalue weighted by Crippen LogP contribution is 2.44. The highest BCUT2D eigenvalue weighted by Gasteiger charge is 2.31. The molecule has 0 radical (unpaired) electrons. The van der Waals surface area contributed by atoms with Crippen molar-refractivity contribution in [2.45, 2.75) is 37.9 Å². The van der Waals surface area contributed by atoms with Crippen LogP contribution in [0, 0.1) is 13.8 Å². The second kappa shape index (κ2) is 5.91. The second-order valence-electron chi connectivity index (χ2n) is 5.91. The number of benzene rings is 2. The SMILES string of the molecule is Cc1cc(C(Br)C(C)(C)c2ccccc2)c(C)cc1Cl. The van der Waals surface area contributed by atoms with Crippen LogP contribution in [0.4, 0.5) is 0 Å². The smallest absolute Gasteiger partial charge is 0.0489 e. The van der Waals surface area contributed by atoms with Crippen LogP contribution in [-0.2, 0) is 5.41 Å². The highest BCUT2D eigenvalue weighted by atomic mass is 79.9. The van der Waals surface area contributed by atoms with E-state index in [9.17, 15) is 0 Å². The Morgan fingerprint density at radius 2 is 1.60 bits per heavy atom. The van der Waals surface area contributed by atoms with Gasteiger partial charge in [-0.3, -0.25) is 0 Å². The van der Waals surface area contributed by atoms with Gasteiger partial charge in [0.05, 0.1) is 0 Å². The van der Waals surface area contributed by atoms with Gasteiger partial charge in [0.25, 0.3) is 0 Å². The van der Waals surface area contributed by atoms with Crippen LogP contribution in [0.25, 0.3) is 0 Å². The van der Waals surface area contributed by atoms with E-state index in [0.717, 1.165) is 10.6 Å². The molecule has 1 atom stereocenters. The highest BCUT2D eigenvalue weighted by molar-refractivity contribution is 9.09. The summed E-state index contributed by atoms with van der Waals surface area (Å²) < 4.78 is 0. The van der Waals surface area contributed by atoms with Crippen molar-refractivity contribution in [1.82, 2.24) is 0 Å². The first-order chi connectivity index (χ1) is 9.34. The number of hydrogen-bond acceptors (Lipinski definition) is 0. The summed E-state index contributed by atoms with van der Waals surface area (Å²) in [7, 11) is 0. The zero-order valence-corrected chi connectivity index (χ0v) is 14.7. The van der Waals surface area contributed by atoms with Crippen molar-refractivity contribution in [1.29, 1.82) is 0 Å². The summed E-state index contributed by atoms with van der Waals surface area (Å²) in [5.74, 6) is 0. The molecule has 0 heterocycles. The number of alkyl halides is 1. The molecule has 0 amide bonds. The van der Waals surface area contributed by atoms with E-state index < -0.39 is 0 Å². The lowest BCUT2D eigenvalue weighted by molar-refractivity contribution is 0.516. The molecule has 0 nitrogen and oxygen atoms in total. The molecular weight excluding hydrogens is 332 g/mol. The molecule has 1 unspecified atom stereocenters. The Kier molecular flexibility index (Phi) is 4.61. The van der Waals surface area contributed by atoms with Crippen LogP contribution in [-0.4, -0.2) is 0 Å². The van der Waals surface area contributed by atoms with E-state index >= 15 is 0 Å². The normalized spacial score (nSPS) is 13.3. The van der Waals surface area contributed by atoms with Crippen LogP contribution in [0.5, 0.6) is 0 Å². The predicted octanol–water partition coefficient (Wildman–Crippen LogP) is 6.37. The molecule has 2 aromatic rings. The van der Waals surface area contributed by atoms with Crippen molar-refractivity contribution in [2.24, 2.45) is 0 Å². The Morgan fingerprint density at radius 3 is 2.20 bits per heavy atom. The van der Waals surface area contributed by atoms with Crippen molar-refractivity contribution in [3.05, 3.63) is 69.7 Å². The van der Waals surface area contributed by atoms with Crippen molar-refractivity contribution in [3.8, 4) is 0 Å². The quantitative estimate of drug-likeness (QED) is 0.563. The molecule has 0 aliphatic carbocycles. The van der Waals surface area contributed by atoms with Crippen LogP contribution < -0.4 is 0 Å². The van der Waals surface area contributed by atoms with E-state index in [2.05, 4.69) is 86.1 Å². The minimum Gasteiger partial charge on any atom is -0.0840 e. The number of hydrogen-bond donors (Lipinski definition) is 0. The lowest BCUT2D eigenvalue weighted by Crippen LogP contribution is -2.23. The number of halogens is 2. The first kappa shape index (κ1) is 15.6. The van der Waals surface area contributed by atoms with Gasteiger partial charge in [0, 0.05) is 15.3 Å². The Bertz CT molecular complexity index is 602. The number of rotatable bonds is 3. The number of aryl methyl sites for hydroxylation is 2. The Labute approximate surface area is 135 Å². The monoisotopic (exact) mass is 350 g/mol. The summed E-state index contributed by atoms with van der Waals surface area (Å²) in [5, 5.41) is 0.837. The summed E-state index contributed by atoms with van der Waals surface area (Å²) in [6, 6.07) is 14.9. The van der Waals surface area contributed by atoms with Crippen molar-refractivity contribution in [2.75, 3.05) is 0 Å². The van der Waals surface area contributed by atoms with E-state index in [-0.39, 0.29) is 10.2 Å². The van der Waals surface area contributed by atoms with E-state index in [0.29, 0.717) is 0 Å². The van der Waals surface area contributed by atoms with Gasteiger partial charge < -0.3 is 0 Å². The van der Waals surface area contributed by atoms with E-state index in [1.54, 1.807) is 0 Å². The topological polar surface area (TPSA) is 0 Å². The molecule has 106 valence electrons. The van der Waals surface area contributed by atoms with Gasteiger partial charge in [-0.25, -0.2) is 0 Å². The van der Waals surface area contributed by atoms with Gasteiger partial charge in [-0.05, 0) is 42.2 Å². The summed E-state index contributed by atoms with van der Waals surface area (Å²) in [6.45, 7) is 8.72. The summed E-state index contributed by atoms with van der Waals surface area (Å²) in [4.78, 5) is 0.244. The van der Waals surface area contributed by atoms with Gasteiger partial charge in [0.2, 0.25) is 0 Å². The molecule has 0 aromatic heterocycles. The van der Waals surface area contributed by atoms with Crippen molar-refractivity contribution < 1.29 is 0 Å². The fraction of sp³-hybridized carbons (Fsp3) is 0.333.